The fourth-order valence-corrected chi connectivity index (χ4v) is 2.23. The van der Waals surface area contributed by atoms with Gasteiger partial charge in [-0.2, -0.15) is 0 Å². The molecule has 2 aromatic rings. The number of nitrogens with zero attached hydrogens (tertiary/aromatic N) is 3. The minimum Gasteiger partial charge on any atom is -0.252 e. The zero-order chi connectivity index (χ0) is 9.26. The molecule has 0 amide bonds. The Morgan fingerprint density at radius 1 is 1.38 bits per heavy atom. The number of hydrogen-bond donors (Lipinski definition) is 0. The van der Waals surface area contributed by atoms with Crippen molar-refractivity contribution in [3.05, 3.63) is 27.3 Å². The Bertz CT molecular complexity index is 431. The van der Waals surface area contributed by atoms with E-state index in [0.717, 1.165) is 8.92 Å². The Morgan fingerprint density at radius 2 is 2.23 bits per heavy atom. The molecule has 0 atom stereocenters. The average Bonchev–Trinajstić information content (AvgIpc) is 2.53. The van der Waals surface area contributed by atoms with Crippen LogP contribution in [0.3, 0.4) is 0 Å². The quantitative estimate of drug-likeness (QED) is 0.803. The van der Waals surface area contributed by atoms with Gasteiger partial charge in [0.1, 0.15) is 5.69 Å². The molecule has 0 N–H and O–H groups in total. The predicted octanol–water partition coefficient (Wildman–Crippen LogP) is 3.02. The summed E-state index contributed by atoms with van der Waals surface area (Å²) < 4.78 is 0.726. The second kappa shape index (κ2) is 3.69. The van der Waals surface area contributed by atoms with Crippen LogP contribution in [0.4, 0.5) is 0 Å². The van der Waals surface area contributed by atoms with Crippen LogP contribution in [0.1, 0.15) is 0 Å². The third-order valence-corrected chi connectivity index (χ3v) is 3.03. The molecule has 0 aliphatic carbocycles. The van der Waals surface area contributed by atoms with E-state index in [-0.39, 0.29) is 0 Å². The molecular weight excluding hydrogens is 274 g/mol. The number of halogens is 2. The van der Waals surface area contributed by atoms with Crippen LogP contribution in [0.15, 0.2) is 22.2 Å². The minimum absolute atomic E-state index is 0.589. The van der Waals surface area contributed by atoms with Crippen LogP contribution in [0.25, 0.3) is 10.7 Å². The Hall–Kier alpha value is -0.520. The number of aromatic nitrogens is 3. The fourth-order valence-electron chi connectivity index (χ4n) is 0.844. The summed E-state index contributed by atoms with van der Waals surface area (Å²) in [5, 5.41) is 9.05. The maximum absolute atomic E-state index is 5.93. The van der Waals surface area contributed by atoms with Gasteiger partial charge < -0.3 is 0 Å². The highest BCUT2D eigenvalue weighted by molar-refractivity contribution is 9.11. The number of hydrogen-bond acceptors (Lipinski definition) is 4. The van der Waals surface area contributed by atoms with E-state index in [1.807, 2.05) is 0 Å². The molecule has 2 rings (SSSR count). The first-order chi connectivity index (χ1) is 6.27. The molecule has 0 fully saturated rings. The zero-order valence-electron chi connectivity index (χ0n) is 6.24. The van der Waals surface area contributed by atoms with Crippen LogP contribution in [-0.4, -0.2) is 15.2 Å². The second-order valence-electron chi connectivity index (χ2n) is 2.19. The molecule has 0 radical (unpaired) electrons. The maximum atomic E-state index is 5.93. The summed E-state index contributed by atoms with van der Waals surface area (Å²) in [5.74, 6) is 0. The minimum atomic E-state index is 0.589. The van der Waals surface area contributed by atoms with Crippen LogP contribution in [0, 0.1) is 0 Å². The molecule has 0 spiro atoms. The topological polar surface area (TPSA) is 38.7 Å². The highest BCUT2D eigenvalue weighted by Gasteiger charge is 2.09. The molecule has 3 nitrogen and oxygen atoms in total. The SMILES string of the molecule is Clc1cccnc1-c1nnc(Br)s1. The molecule has 2 heterocycles. The molecule has 2 aromatic heterocycles. The zero-order valence-corrected chi connectivity index (χ0v) is 9.40. The summed E-state index contributed by atoms with van der Waals surface area (Å²) >= 11 is 10.6. The lowest BCUT2D eigenvalue weighted by Crippen LogP contribution is -1.82. The van der Waals surface area contributed by atoms with Gasteiger partial charge in [-0.15, -0.1) is 10.2 Å². The Kier molecular flexibility index (Phi) is 2.57. The summed E-state index contributed by atoms with van der Waals surface area (Å²) in [6.45, 7) is 0. The van der Waals surface area contributed by atoms with Gasteiger partial charge in [0.25, 0.3) is 0 Å². The largest absolute Gasteiger partial charge is 0.252 e. The molecule has 0 unspecified atom stereocenters. The van der Waals surface area contributed by atoms with E-state index in [9.17, 15) is 0 Å². The van der Waals surface area contributed by atoms with E-state index < -0.39 is 0 Å². The van der Waals surface area contributed by atoms with Crippen molar-refractivity contribution in [1.29, 1.82) is 0 Å². The van der Waals surface area contributed by atoms with E-state index in [0.29, 0.717) is 10.7 Å². The van der Waals surface area contributed by atoms with Gasteiger partial charge in [-0.3, -0.25) is 4.98 Å². The highest BCUT2D eigenvalue weighted by Crippen LogP contribution is 2.29. The van der Waals surface area contributed by atoms with Gasteiger partial charge in [0.15, 0.2) is 8.92 Å². The highest BCUT2D eigenvalue weighted by atomic mass is 79.9. The second-order valence-corrected chi connectivity index (χ2v) is 4.85. The van der Waals surface area contributed by atoms with Crippen LogP contribution < -0.4 is 0 Å². The molecule has 0 aliphatic heterocycles. The molecular formula is C7H3BrClN3S. The molecule has 0 bridgehead atoms. The van der Waals surface area contributed by atoms with Gasteiger partial charge >= 0.3 is 0 Å². The summed E-state index contributed by atoms with van der Waals surface area (Å²) in [6.07, 6.45) is 1.68. The molecule has 0 aliphatic rings. The van der Waals surface area contributed by atoms with Gasteiger partial charge in [-0.05, 0) is 28.1 Å². The fraction of sp³-hybridized carbons (Fsp3) is 0. The van der Waals surface area contributed by atoms with Crippen molar-refractivity contribution in [3.63, 3.8) is 0 Å². The van der Waals surface area contributed by atoms with Crippen molar-refractivity contribution in [3.8, 4) is 10.7 Å². The Morgan fingerprint density at radius 3 is 2.85 bits per heavy atom. The van der Waals surface area contributed by atoms with Crippen LogP contribution in [0.2, 0.25) is 5.02 Å². The third kappa shape index (κ3) is 1.87. The first kappa shape index (κ1) is 9.05. The van der Waals surface area contributed by atoms with Crippen molar-refractivity contribution in [2.24, 2.45) is 0 Å². The standard InChI is InChI=1S/C7H3BrClN3S/c8-7-12-11-6(13-7)5-4(9)2-1-3-10-5/h1-3H. The van der Waals surface area contributed by atoms with Crippen LogP contribution in [0.5, 0.6) is 0 Å². The lowest BCUT2D eigenvalue weighted by molar-refractivity contribution is 1.07. The van der Waals surface area contributed by atoms with E-state index in [2.05, 4.69) is 31.1 Å². The monoisotopic (exact) mass is 275 g/mol. The lowest BCUT2D eigenvalue weighted by atomic mass is 10.4. The Balaban J connectivity index is 2.52. The van der Waals surface area contributed by atoms with Gasteiger partial charge in [-0.1, -0.05) is 22.9 Å². The summed E-state index contributed by atoms with van der Waals surface area (Å²) in [7, 11) is 0. The molecule has 13 heavy (non-hydrogen) atoms. The summed E-state index contributed by atoms with van der Waals surface area (Å²) in [6, 6.07) is 3.56. The predicted molar refractivity (Wildman–Crippen MR) is 55.9 cm³/mol. The number of rotatable bonds is 1. The Labute approximate surface area is 91.9 Å². The van der Waals surface area contributed by atoms with Gasteiger partial charge in [0.2, 0.25) is 0 Å². The molecule has 0 saturated heterocycles. The van der Waals surface area contributed by atoms with Gasteiger partial charge in [0.05, 0.1) is 5.02 Å². The van der Waals surface area contributed by atoms with Crippen LogP contribution >= 0.6 is 38.9 Å². The van der Waals surface area contributed by atoms with Crippen molar-refractivity contribution < 1.29 is 0 Å². The van der Waals surface area contributed by atoms with Crippen molar-refractivity contribution in [2.45, 2.75) is 0 Å². The molecule has 0 aromatic carbocycles. The average molecular weight is 277 g/mol. The molecule has 66 valence electrons. The molecule has 0 saturated carbocycles. The van der Waals surface area contributed by atoms with Crippen molar-refractivity contribution in [2.75, 3.05) is 0 Å². The van der Waals surface area contributed by atoms with E-state index in [1.165, 1.54) is 11.3 Å². The van der Waals surface area contributed by atoms with E-state index in [4.69, 9.17) is 11.6 Å². The normalized spacial score (nSPS) is 10.3. The molecule has 6 heteroatoms. The van der Waals surface area contributed by atoms with Gasteiger partial charge in [0, 0.05) is 6.20 Å². The third-order valence-electron chi connectivity index (χ3n) is 1.36. The van der Waals surface area contributed by atoms with Crippen LogP contribution in [-0.2, 0) is 0 Å². The van der Waals surface area contributed by atoms with E-state index in [1.54, 1.807) is 18.3 Å². The summed E-state index contributed by atoms with van der Waals surface area (Å²) in [4.78, 5) is 4.12. The smallest absolute Gasteiger partial charge is 0.183 e. The number of pyridine rings is 1. The van der Waals surface area contributed by atoms with Gasteiger partial charge in [-0.25, -0.2) is 0 Å². The summed E-state index contributed by atoms with van der Waals surface area (Å²) in [5.41, 5.74) is 0.673. The lowest BCUT2D eigenvalue weighted by Gasteiger charge is -1.95. The first-order valence-corrected chi connectivity index (χ1v) is 5.36. The van der Waals surface area contributed by atoms with Crippen molar-refractivity contribution >= 4 is 38.9 Å². The van der Waals surface area contributed by atoms with E-state index >= 15 is 0 Å². The first-order valence-electron chi connectivity index (χ1n) is 3.37. The van der Waals surface area contributed by atoms with Crippen molar-refractivity contribution in [1.82, 2.24) is 15.2 Å². The maximum Gasteiger partial charge on any atom is 0.183 e.